The minimum Gasteiger partial charge on any atom is -1.00 e. The van der Waals surface area contributed by atoms with Crippen molar-refractivity contribution in [1.29, 1.82) is 0 Å². The Hall–Kier alpha value is 0.420. The van der Waals surface area contributed by atoms with Crippen LogP contribution in [0, 0.1) is 11.3 Å². The lowest BCUT2D eigenvalue weighted by molar-refractivity contribution is -0.0470. The topological polar surface area (TPSA) is 35.9 Å². The van der Waals surface area contributed by atoms with Crippen molar-refractivity contribution in [2.24, 2.45) is 11.3 Å². The number of hydrogen-bond donors (Lipinski definition) is 1. The third-order valence-electron chi connectivity index (χ3n) is 5.80. The molecule has 6 heteroatoms. The van der Waals surface area contributed by atoms with Crippen molar-refractivity contribution in [2.45, 2.75) is 65.6 Å². The smallest absolute Gasteiger partial charge is 0.0900 e. The van der Waals surface area contributed by atoms with Crippen LogP contribution in [0.3, 0.4) is 0 Å². The van der Waals surface area contributed by atoms with Crippen LogP contribution in [-0.2, 0) is 4.74 Å². The van der Waals surface area contributed by atoms with E-state index in [9.17, 15) is 5.11 Å². The number of hydrogen-bond acceptors (Lipinski definition) is 4. The summed E-state index contributed by atoms with van der Waals surface area (Å²) in [5, 5.41) is 10.3. The highest BCUT2D eigenvalue weighted by Crippen LogP contribution is 2.38. The van der Waals surface area contributed by atoms with Crippen LogP contribution in [0.2, 0.25) is 0 Å². The zero-order valence-corrected chi connectivity index (χ0v) is 18.0. The van der Waals surface area contributed by atoms with Crippen LogP contribution in [0.5, 0.6) is 0 Å². The molecule has 0 radical (unpaired) electrons. The number of rotatable bonds is 6. The fourth-order valence-electron chi connectivity index (χ4n) is 3.98. The number of likely N-dealkylation sites (N-methyl/N-ethyl adjacent to an activating group) is 1. The highest BCUT2D eigenvalue weighted by molar-refractivity contribution is 4.81. The molecule has 1 saturated heterocycles. The normalized spacial score (nSPS) is 27.2. The number of piperazine rings is 1. The highest BCUT2D eigenvalue weighted by Gasteiger charge is 2.30. The molecule has 0 aromatic heterocycles. The zero-order valence-electron chi connectivity index (χ0n) is 16.5. The molecule has 0 bridgehead atoms. The summed E-state index contributed by atoms with van der Waals surface area (Å²) in [5.41, 5.74) is 0.422. The SMILES string of the molecule is CCN1CCN(CC(O)COC2CCC(C(C)(C)C)CC2)CC1.[Cl-].[Cl-]. The van der Waals surface area contributed by atoms with Gasteiger partial charge in [-0.3, -0.25) is 4.90 Å². The molecule has 2 aliphatic rings. The van der Waals surface area contributed by atoms with Crippen molar-refractivity contribution in [3.05, 3.63) is 0 Å². The Kier molecular flexibility index (Phi) is 12.2. The number of ether oxygens (including phenoxy) is 1. The molecule has 1 unspecified atom stereocenters. The Morgan fingerprint density at radius 1 is 0.960 bits per heavy atom. The van der Waals surface area contributed by atoms with Gasteiger partial charge in [0.2, 0.25) is 0 Å². The second-order valence-electron chi connectivity index (χ2n) is 8.56. The van der Waals surface area contributed by atoms with Crippen LogP contribution in [-0.4, -0.2) is 73.0 Å². The predicted molar refractivity (Wildman–Crippen MR) is 95.7 cm³/mol. The number of aliphatic hydroxyl groups excluding tert-OH is 1. The Morgan fingerprint density at radius 3 is 1.96 bits per heavy atom. The number of β-amino-alcohol motifs (C(OH)–C–C–N with tert-alkyl or cyclic N) is 1. The molecule has 1 atom stereocenters. The average molecular weight is 397 g/mol. The second-order valence-corrected chi connectivity index (χ2v) is 8.56. The van der Waals surface area contributed by atoms with Crippen LogP contribution in [0.4, 0.5) is 0 Å². The molecular formula is C19H38Cl2N2O2-2. The molecule has 2 rings (SSSR count). The number of nitrogens with zero attached hydrogens (tertiary/aromatic N) is 2. The maximum atomic E-state index is 10.3. The Morgan fingerprint density at radius 2 is 1.48 bits per heavy atom. The van der Waals surface area contributed by atoms with Gasteiger partial charge in [0.15, 0.2) is 0 Å². The monoisotopic (exact) mass is 396 g/mol. The molecule has 2 fully saturated rings. The quantitative estimate of drug-likeness (QED) is 0.508. The molecule has 0 amide bonds. The standard InChI is InChI=1S/C19H38N2O2.2ClH/c1-5-20-10-12-21(13-11-20)14-17(22)15-23-18-8-6-16(7-9-18)19(2,3)4;;/h16-18,22H,5-15H2,1-4H3;2*1H/p-2. The van der Waals surface area contributed by atoms with Gasteiger partial charge in [-0.25, -0.2) is 0 Å². The third-order valence-corrected chi connectivity index (χ3v) is 5.80. The predicted octanol–water partition coefficient (Wildman–Crippen LogP) is -3.39. The van der Waals surface area contributed by atoms with Gasteiger partial charge in [-0.1, -0.05) is 27.7 Å². The Labute approximate surface area is 167 Å². The van der Waals surface area contributed by atoms with E-state index in [1.165, 1.54) is 12.8 Å². The second kappa shape index (κ2) is 12.0. The van der Waals surface area contributed by atoms with Gasteiger partial charge in [0, 0.05) is 32.7 Å². The minimum atomic E-state index is -0.344. The molecule has 152 valence electrons. The molecule has 4 nitrogen and oxygen atoms in total. The van der Waals surface area contributed by atoms with Gasteiger partial charge in [-0.2, -0.15) is 0 Å². The van der Waals surface area contributed by atoms with E-state index in [1.54, 1.807) is 0 Å². The summed E-state index contributed by atoms with van der Waals surface area (Å²) < 4.78 is 6.00. The van der Waals surface area contributed by atoms with E-state index in [1.807, 2.05) is 0 Å². The van der Waals surface area contributed by atoms with E-state index in [-0.39, 0.29) is 30.9 Å². The van der Waals surface area contributed by atoms with E-state index in [2.05, 4.69) is 37.5 Å². The van der Waals surface area contributed by atoms with E-state index in [4.69, 9.17) is 4.74 Å². The molecular weight excluding hydrogens is 359 g/mol. The van der Waals surface area contributed by atoms with Crippen LogP contribution in [0.1, 0.15) is 53.4 Å². The van der Waals surface area contributed by atoms with Gasteiger partial charge in [0.1, 0.15) is 0 Å². The zero-order chi connectivity index (χ0) is 16.9. The largest absolute Gasteiger partial charge is 1.00 e. The van der Waals surface area contributed by atoms with Crippen LogP contribution in [0.25, 0.3) is 0 Å². The van der Waals surface area contributed by atoms with E-state index < -0.39 is 0 Å². The van der Waals surface area contributed by atoms with Crippen molar-refractivity contribution in [2.75, 3.05) is 45.9 Å². The molecule has 1 heterocycles. The van der Waals surface area contributed by atoms with Crippen LogP contribution in [0.15, 0.2) is 0 Å². The number of aliphatic hydroxyl groups is 1. The van der Waals surface area contributed by atoms with Crippen LogP contribution >= 0.6 is 0 Å². The van der Waals surface area contributed by atoms with Crippen molar-refractivity contribution in [3.63, 3.8) is 0 Å². The number of halogens is 2. The maximum absolute atomic E-state index is 10.3. The molecule has 1 aliphatic carbocycles. The van der Waals surface area contributed by atoms with Crippen molar-refractivity contribution in [3.8, 4) is 0 Å². The summed E-state index contributed by atoms with van der Waals surface area (Å²) in [4.78, 5) is 4.84. The third kappa shape index (κ3) is 8.77. The van der Waals surface area contributed by atoms with Gasteiger partial charge >= 0.3 is 0 Å². The van der Waals surface area contributed by atoms with Gasteiger partial charge in [-0.05, 0) is 43.6 Å². The Bertz CT molecular complexity index is 337. The van der Waals surface area contributed by atoms with Crippen molar-refractivity contribution in [1.82, 2.24) is 9.80 Å². The van der Waals surface area contributed by atoms with E-state index >= 15 is 0 Å². The summed E-state index contributed by atoms with van der Waals surface area (Å²) in [5.74, 6) is 0.821. The van der Waals surface area contributed by atoms with Gasteiger partial charge in [-0.15, -0.1) is 0 Å². The lowest BCUT2D eigenvalue weighted by Crippen LogP contribution is -3.00. The van der Waals surface area contributed by atoms with Crippen molar-refractivity contribution < 1.29 is 34.7 Å². The van der Waals surface area contributed by atoms with Gasteiger partial charge in [0.25, 0.3) is 0 Å². The fourth-order valence-corrected chi connectivity index (χ4v) is 3.98. The first kappa shape index (κ1) is 25.4. The first-order valence-corrected chi connectivity index (χ1v) is 9.63. The molecule has 1 aliphatic heterocycles. The fraction of sp³-hybridized carbons (Fsp3) is 1.00. The van der Waals surface area contributed by atoms with E-state index in [0.717, 1.165) is 58.0 Å². The molecule has 0 spiro atoms. The first-order valence-electron chi connectivity index (χ1n) is 9.63. The van der Waals surface area contributed by atoms with Crippen LogP contribution < -0.4 is 24.8 Å². The van der Waals surface area contributed by atoms with Crippen molar-refractivity contribution >= 4 is 0 Å². The first-order chi connectivity index (χ1) is 10.9. The average Bonchev–Trinajstić information content (AvgIpc) is 2.53. The molecule has 0 aromatic carbocycles. The molecule has 25 heavy (non-hydrogen) atoms. The lowest BCUT2D eigenvalue weighted by atomic mass is 9.72. The maximum Gasteiger partial charge on any atom is 0.0900 e. The molecule has 1 saturated carbocycles. The van der Waals surface area contributed by atoms with E-state index in [0.29, 0.717) is 18.1 Å². The summed E-state index contributed by atoms with van der Waals surface area (Å²) in [7, 11) is 0. The molecule has 1 N–H and O–H groups in total. The minimum absolute atomic E-state index is 0. The highest BCUT2D eigenvalue weighted by atomic mass is 35.5. The summed E-state index contributed by atoms with van der Waals surface area (Å²) in [6.07, 6.45) is 4.86. The summed E-state index contributed by atoms with van der Waals surface area (Å²) in [6.45, 7) is 16.0. The Balaban J connectivity index is 0.00000288. The molecule has 0 aromatic rings. The summed E-state index contributed by atoms with van der Waals surface area (Å²) in [6, 6.07) is 0. The van der Waals surface area contributed by atoms with Gasteiger partial charge in [0.05, 0.1) is 18.8 Å². The van der Waals surface area contributed by atoms with Gasteiger partial charge < -0.3 is 39.6 Å². The summed E-state index contributed by atoms with van der Waals surface area (Å²) >= 11 is 0. The lowest BCUT2D eigenvalue weighted by Gasteiger charge is -2.37.